The molecular weight excluding hydrogens is 317 g/mol. The van der Waals surface area contributed by atoms with Gasteiger partial charge in [0.1, 0.15) is 11.6 Å². The first kappa shape index (κ1) is 19.8. The summed E-state index contributed by atoms with van der Waals surface area (Å²) < 4.78 is 12.9. The van der Waals surface area contributed by atoms with Crippen molar-refractivity contribution in [2.75, 3.05) is 19.6 Å². The van der Waals surface area contributed by atoms with Crippen molar-refractivity contribution in [3.8, 4) is 0 Å². The number of carbonyl (C=O) groups excluding carboxylic acids is 2. The zero-order valence-corrected chi connectivity index (χ0v) is 14.4. The lowest BCUT2D eigenvalue weighted by atomic mass is 9.89. The molecular formula is C18H25ClFNO2. The molecule has 1 heterocycles. The normalized spacial score (nSPS) is 15.9. The third-order valence-corrected chi connectivity index (χ3v) is 4.34. The SMILES string of the molecule is CC(=O)CCCCN1CCC(C(=O)c2ccc(F)cc2)CC1.Cl. The third kappa shape index (κ3) is 6.40. The van der Waals surface area contributed by atoms with Gasteiger partial charge >= 0.3 is 0 Å². The predicted molar refractivity (Wildman–Crippen MR) is 91.7 cm³/mol. The second kappa shape index (κ2) is 9.78. The number of Topliss-reactive ketones (excluding diaryl/α,β-unsaturated/α-hetero) is 2. The van der Waals surface area contributed by atoms with Gasteiger partial charge in [-0.05, 0) is 76.5 Å². The molecule has 0 N–H and O–H groups in total. The van der Waals surface area contributed by atoms with Gasteiger partial charge in [0.05, 0.1) is 0 Å². The second-order valence-electron chi connectivity index (χ2n) is 6.15. The quantitative estimate of drug-likeness (QED) is 0.557. The van der Waals surface area contributed by atoms with Gasteiger partial charge in [0.2, 0.25) is 0 Å². The maximum Gasteiger partial charge on any atom is 0.166 e. The summed E-state index contributed by atoms with van der Waals surface area (Å²) in [6, 6.07) is 5.84. The molecule has 0 spiro atoms. The Bertz CT molecular complexity index is 510. The van der Waals surface area contributed by atoms with Crippen LogP contribution >= 0.6 is 12.4 Å². The van der Waals surface area contributed by atoms with Crippen LogP contribution in [0.15, 0.2) is 24.3 Å². The van der Waals surface area contributed by atoms with Crippen LogP contribution in [0.2, 0.25) is 0 Å². The van der Waals surface area contributed by atoms with Crippen LogP contribution in [0, 0.1) is 11.7 Å². The molecule has 0 atom stereocenters. The predicted octanol–water partition coefficient (Wildman–Crippen LogP) is 3.90. The summed E-state index contributed by atoms with van der Waals surface area (Å²) >= 11 is 0. The number of benzene rings is 1. The minimum absolute atomic E-state index is 0. The van der Waals surface area contributed by atoms with Crippen LogP contribution in [-0.4, -0.2) is 36.1 Å². The number of unbranched alkanes of at least 4 members (excludes halogenated alkanes) is 1. The van der Waals surface area contributed by atoms with E-state index in [1.54, 1.807) is 19.1 Å². The van der Waals surface area contributed by atoms with E-state index in [1.165, 1.54) is 12.1 Å². The van der Waals surface area contributed by atoms with E-state index in [0.29, 0.717) is 12.0 Å². The number of hydrogen-bond donors (Lipinski definition) is 0. The van der Waals surface area contributed by atoms with E-state index in [4.69, 9.17) is 0 Å². The highest BCUT2D eigenvalue weighted by Crippen LogP contribution is 2.22. The Morgan fingerprint density at radius 1 is 1.13 bits per heavy atom. The molecule has 0 aliphatic carbocycles. The number of rotatable bonds is 7. The number of carbonyl (C=O) groups is 2. The summed E-state index contributed by atoms with van der Waals surface area (Å²) in [5.41, 5.74) is 0.612. The molecule has 0 amide bonds. The van der Waals surface area contributed by atoms with Crippen LogP contribution in [0.25, 0.3) is 0 Å². The number of hydrogen-bond acceptors (Lipinski definition) is 3. The summed E-state index contributed by atoms with van der Waals surface area (Å²) in [4.78, 5) is 25.6. The Hall–Kier alpha value is -1.26. The van der Waals surface area contributed by atoms with Gasteiger partial charge in [0, 0.05) is 17.9 Å². The Morgan fingerprint density at radius 3 is 2.30 bits per heavy atom. The minimum Gasteiger partial charge on any atom is -0.303 e. The van der Waals surface area contributed by atoms with E-state index in [2.05, 4.69) is 4.90 Å². The molecule has 0 aromatic heterocycles. The maximum atomic E-state index is 12.9. The first-order chi connectivity index (χ1) is 10.6. The van der Waals surface area contributed by atoms with Crippen LogP contribution in [0.1, 0.15) is 49.4 Å². The van der Waals surface area contributed by atoms with Gasteiger partial charge in [0.15, 0.2) is 5.78 Å². The Morgan fingerprint density at radius 2 is 1.74 bits per heavy atom. The summed E-state index contributed by atoms with van der Waals surface area (Å²) in [5.74, 6) is 0.135. The van der Waals surface area contributed by atoms with Gasteiger partial charge in [-0.3, -0.25) is 4.79 Å². The van der Waals surface area contributed by atoms with Gasteiger partial charge < -0.3 is 9.69 Å². The summed E-state index contributed by atoms with van der Waals surface area (Å²) in [6.07, 6.45) is 4.38. The topological polar surface area (TPSA) is 37.4 Å². The monoisotopic (exact) mass is 341 g/mol. The Labute approximate surface area is 143 Å². The number of ketones is 2. The van der Waals surface area contributed by atoms with E-state index < -0.39 is 0 Å². The Kier molecular flexibility index (Phi) is 8.42. The van der Waals surface area contributed by atoms with Crippen molar-refractivity contribution in [2.45, 2.75) is 39.0 Å². The Balaban J connectivity index is 0.00000264. The van der Waals surface area contributed by atoms with Crippen LogP contribution in [0.3, 0.4) is 0 Å². The van der Waals surface area contributed by atoms with Crippen molar-refractivity contribution < 1.29 is 14.0 Å². The van der Waals surface area contributed by atoms with Gasteiger partial charge in [-0.2, -0.15) is 0 Å². The number of halogens is 2. The van der Waals surface area contributed by atoms with Gasteiger partial charge in [0.25, 0.3) is 0 Å². The highest BCUT2D eigenvalue weighted by Gasteiger charge is 2.25. The van der Waals surface area contributed by atoms with E-state index in [9.17, 15) is 14.0 Å². The molecule has 0 bridgehead atoms. The van der Waals surface area contributed by atoms with Crippen molar-refractivity contribution in [2.24, 2.45) is 5.92 Å². The molecule has 1 saturated heterocycles. The fraction of sp³-hybridized carbons (Fsp3) is 0.556. The molecule has 1 fully saturated rings. The first-order valence-electron chi connectivity index (χ1n) is 8.08. The first-order valence-corrected chi connectivity index (χ1v) is 8.08. The van der Waals surface area contributed by atoms with Gasteiger partial charge in [-0.25, -0.2) is 4.39 Å². The average Bonchev–Trinajstić information content (AvgIpc) is 2.52. The fourth-order valence-corrected chi connectivity index (χ4v) is 2.98. The lowest BCUT2D eigenvalue weighted by Crippen LogP contribution is -2.36. The molecule has 1 aliphatic heterocycles. The third-order valence-electron chi connectivity index (χ3n) is 4.34. The molecule has 128 valence electrons. The van der Waals surface area contributed by atoms with Crippen molar-refractivity contribution in [1.29, 1.82) is 0 Å². The van der Waals surface area contributed by atoms with Crippen LogP contribution in [-0.2, 0) is 4.79 Å². The van der Waals surface area contributed by atoms with E-state index in [-0.39, 0.29) is 35.7 Å². The van der Waals surface area contributed by atoms with Crippen molar-refractivity contribution in [3.63, 3.8) is 0 Å². The van der Waals surface area contributed by atoms with Crippen molar-refractivity contribution in [1.82, 2.24) is 4.90 Å². The van der Waals surface area contributed by atoms with Crippen LogP contribution in [0.4, 0.5) is 4.39 Å². The molecule has 3 nitrogen and oxygen atoms in total. The van der Waals surface area contributed by atoms with Gasteiger partial charge in [-0.1, -0.05) is 0 Å². The molecule has 0 unspecified atom stereocenters. The van der Waals surface area contributed by atoms with Gasteiger partial charge in [-0.15, -0.1) is 12.4 Å². The fourth-order valence-electron chi connectivity index (χ4n) is 2.98. The molecule has 1 aliphatic rings. The smallest absolute Gasteiger partial charge is 0.166 e. The number of piperidine rings is 1. The van der Waals surface area contributed by atoms with E-state index in [1.807, 2.05) is 0 Å². The maximum absolute atomic E-state index is 12.9. The zero-order chi connectivity index (χ0) is 15.9. The van der Waals surface area contributed by atoms with Crippen molar-refractivity contribution in [3.05, 3.63) is 35.6 Å². The standard InChI is InChI=1S/C18H24FNO2.ClH/c1-14(21)4-2-3-11-20-12-9-16(10-13-20)18(22)15-5-7-17(19)8-6-15;/h5-8,16H,2-4,9-13H2,1H3;1H. The zero-order valence-electron chi connectivity index (χ0n) is 13.6. The van der Waals surface area contributed by atoms with Crippen molar-refractivity contribution >= 4 is 24.0 Å². The summed E-state index contributed by atoms with van der Waals surface area (Å²) in [5, 5.41) is 0. The largest absolute Gasteiger partial charge is 0.303 e. The number of likely N-dealkylation sites (tertiary alicyclic amines) is 1. The highest BCUT2D eigenvalue weighted by molar-refractivity contribution is 5.97. The molecule has 1 aromatic rings. The lowest BCUT2D eigenvalue weighted by Gasteiger charge is -2.31. The molecule has 0 radical (unpaired) electrons. The molecule has 2 rings (SSSR count). The summed E-state index contributed by atoms with van der Waals surface area (Å²) in [7, 11) is 0. The number of nitrogens with zero attached hydrogens (tertiary/aromatic N) is 1. The van der Waals surface area contributed by atoms with E-state index in [0.717, 1.165) is 45.3 Å². The molecule has 0 saturated carbocycles. The minimum atomic E-state index is -0.308. The molecule has 23 heavy (non-hydrogen) atoms. The molecule has 1 aromatic carbocycles. The lowest BCUT2D eigenvalue weighted by molar-refractivity contribution is -0.117. The second-order valence-corrected chi connectivity index (χ2v) is 6.15. The van der Waals surface area contributed by atoms with Crippen LogP contribution in [0.5, 0.6) is 0 Å². The highest BCUT2D eigenvalue weighted by atomic mass is 35.5. The van der Waals surface area contributed by atoms with Crippen LogP contribution < -0.4 is 0 Å². The molecule has 5 heteroatoms. The summed E-state index contributed by atoms with van der Waals surface area (Å²) in [6.45, 7) is 4.49. The average molecular weight is 342 g/mol. The van der Waals surface area contributed by atoms with E-state index >= 15 is 0 Å².